The molecule has 9 heteroatoms. The van der Waals surface area contributed by atoms with Crippen molar-refractivity contribution in [2.24, 2.45) is 0 Å². The summed E-state index contributed by atoms with van der Waals surface area (Å²) in [4.78, 5) is 40.4. The van der Waals surface area contributed by atoms with Crippen LogP contribution in [0, 0.1) is 6.92 Å². The van der Waals surface area contributed by atoms with Gasteiger partial charge in [-0.25, -0.2) is 14.6 Å². The number of benzene rings is 2. The molecule has 4 rings (SSSR count). The number of anilines is 2. The number of carbonyl (C=O) groups excluding carboxylic acids is 2. The van der Waals surface area contributed by atoms with Gasteiger partial charge in [-0.3, -0.25) is 9.20 Å². The Balaban J connectivity index is 1.33. The van der Waals surface area contributed by atoms with Crippen molar-refractivity contribution < 1.29 is 19.1 Å². The van der Waals surface area contributed by atoms with Crippen LogP contribution in [0.2, 0.25) is 0 Å². The number of nitrogens with zero attached hydrogens (tertiary/aromatic N) is 2. The summed E-state index contributed by atoms with van der Waals surface area (Å²) in [5, 5.41) is 5.41. The largest absolute Gasteiger partial charge is 0.487 e. The van der Waals surface area contributed by atoms with Crippen LogP contribution >= 0.6 is 0 Å². The van der Waals surface area contributed by atoms with Gasteiger partial charge in [-0.1, -0.05) is 0 Å². The van der Waals surface area contributed by atoms with E-state index in [-0.39, 0.29) is 12.2 Å². The molecule has 0 spiro atoms. The van der Waals surface area contributed by atoms with E-state index in [1.165, 1.54) is 17.6 Å². The summed E-state index contributed by atoms with van der Waals surface area (Å²) in [5.41, 5.74) is 3.41. The highest BCUT2D eigenvalue weighted by Crippen LogP contribution is 2.18. The first kappa shape index (κ1) is 22.5. The van der Waals surface area contributed by atoms with Crippen LogP contribution < -0.4 is 20.9 Å². The van der Waals surface area contributed by atoms with Crippen molar-refractivity contribution >= 4 is 29.0 Å². The van der Waals surface area contributed by atoms with Crippen LogP contribution in [0.4, 0.5) is 16.2 Å². The number of hydrogen-bond acceptors (Lipinski definition) is 6. The third-order valence-electron chi connectivity index (χ3n) is 4.94. The molecule has 0 aliphatic heterocycles. The molecule has 2 heterocycles. The van der Waals surface area contributed by atoms with Crippen LogP contribution in [0.3, 0.4) is 0 Å². The SMILES string of the molecule is COC(=O)c1ccc(NC(=O)Nc2ccc(OCc3cc(=O)n4ccc(C)cc4n3)cc2)cc1. The van der Waals surface area contributed by atoms with E-state index in [1.54, 1.807) is 54.7 Å². The topological polar surface area (TPSA) is 111 Å². The van der Waals surface area contributed by atoms with Crippen molar-refractivity contribution in [3.8, 4) is 5.75 Å². The first-order valence-corrected chi connectivity index (χ1v) is 10.4. The minimum Gasteiger partial charge on any atom is -0.487 e. The summed E-state index contributed by atoms with van der Waals surface area (Å²) in [6.07, 6.45) is 1.70. The molecule has 2 N–H and O–H groups in total. The molecule has 0 radical (unpaired) electrons. The highest BCUT2D eigenvalue weighted by atomic mass is 16.5. The molecule has 0 fully saturated rings. The minimum atomic E-state index is -0.447. The summed E-state index contributed by atoms with van der Waals surface area (Å²) in [5.74, 6) is 0.118. The number of pyridine rings is 1. The van der Waals surface area contributed by atoms with E-state index in [1.807, 2.05) is 19.1 Å². The standard InChI is InChI=1S/C25H22N4O5/c1-16-11-12-29-22(13-16)26-20(14-23(29)30)15-34-21-9-7-19(8-10-21)28-25(32)27-18-5-3-17(4-6-18)24(31)33-2/h3-14H,15H2,1-2H3,(H2,27,28,32). The van der Waals surface area contributed by atoms with E-state index >= 15 is 0 Å². The van der Waals surface area contributed by atoms with Crippen LogP contribution in [-0.4, -0.2) is 28.5 Å². The summed E-state index contributed by atoms with van der Waals surface area (Å²) in [6.45, 7) is 2.07. The zero-order valence-electron chi connectivity index (χ0n) is 18.6. The number of urea groups is 1. The number of aryl methyl sites for hydroxylation is 1. The second-order valence-corrected chi connectivity index (χ2v) is 7.48. The van der Waals surface area contributed by atoms with Crippen molar-refractivity contribution in [2.75, 3.05) is 17.7 Å². The van der Waals surface area contributed by atoms with Crippen molar-refractivity contribution in [3.05, 3.63) is 100 Å². The van der Waals surface area contributed by atoms with E-state index in [9.17, 15) is 14.4 Å². The van der Waals surface area contributed by atoms with Gasteiger partial charge in [-0.2, -0.15) is 0 Å². The Kier molecular flexibility index (Phi) is 6.54. The molecule has 0 aliphatic carbocycles. The lowest BCUT2D eigenvalue weighted by Crippen LogP contribution is -2.19. The highest BCUT2D eigenvalue weighted by molar-refractivity contribution is 6.00. The number of hydrogen-bond donors (Lipinski definition) is 2. The fourth-order valence-electron chi connectivity index (χ4n) is 3.22. The third-order valence-corrected chi connectivity index (χ3v) is 4.94. The average Bonchev–Trinajstić information content (AvgIpc) is 2.83. The molecular formula is C25H22N4O5. The van der Waals surface area contributed by atoms with Crippen LogP contribution in [0.5, 0.6) is 5.75 Å². The van der Waals surface area contributed by atoms with Gasteiger partial charge in [-0.05, 0) is 73.2 Å². The molecule has 4 aromatic rings. The van der Waals surface area contributed by atoms with E-state index in [0.717, 1.165) is 5.56 Å². The molecule has 2 aromatic heterocycles. The maximum absolute atomic E-state index is 12.3. The van der Waals surface area contributed by atoms with Crippen molar-refractivity contribution in [2.45, 2.75) is 13.5 Å². The molecular weight excluding hydrogens is 436 g/mol. The molecule has 0 aliphatic rings. The first-order chi connectivity index (χ1) is 16.4. The van der Waals surface area contributed by atoms with Gasteiger partial charge >= 0.3 is 12.0 Å². The molecule has 2 aromatic carbocycles. The van der Waals surface area contributed by atoms with Crippen molar-refractivity contribution in [1.82, 2.24) is 9.38 Å². The van der Waals surface area contributed by atoms with E-state index in [2.05, 4.69) is 20.4 Å². The Hall–Kier alpha value is -4.66. The second-order valence-electron chi connectivity index (χ2n) is 7.48. The maximum Gasteiger partial charge on any atom is 0.337 e. The monoisotopic (exact) mass is 458 g/mol. The number of fused-ring (bicyclic) bond motifs is 1. The van der Waals surface area contributed by atoms with E-state index in [4.69, 9.17) is 4.74 Å². The number of amides is 2. The molecule has 0 bridgehead atoms. The Bertz CT molecular complexity index is 1400. The summed E-state index contributed by atoms with van der Waals surface area (Å²) >= 11 is 0. The number of methoxy groups -OCH3 is 1. The number of esters is 1. The van der Waals surface area contributed by atoms with Crippen LogP contribution in [0.25, 0.3) is 5.65 Å². The van der Waals surface area contributed by atoms with Gasteiger partial charge in [0.2, 0.25) is 0 Å². The van der Waals surface area contributed by atoms with Crippen LogP contribution in [0.15, 0.2) is 77.7 Å². The Morgan fingerprint density at radius 3 is 2.24 bits per heavy atom. The Morgan fingerprint density at radius 1 is 0.941 bits per heavy atom. The number of ether oxygens (including phenoxy) is 2. The number of aromatic nitrogens is 2. The summed E-state index contributed by atoms with van der Waals surface area (Å²) in [7, 11) is 1.31. The molecule has 9 nitrogen and oxygen atoms in total. The van der Waals surface area contributed by atoms with Gasteiger partial charge < -0.3 is 20.1 Å². The average molecular weight is 458 g/mol. The molecule has 172 valence electrons. The van der Waals surface area contributed by atoms with Gasteiger partial charge in [0, 0.05) is 23.6 Å². The minimum absolute atomic E-state index is 0.133. The predicted octanol–water partition coefficient (Wildman–Crippen LogP) is 4.01. The fourth-order valence-corrected chi connectivity index (χ4v) is 3.22. The van der Waals surface area contributed by atoms with E-state index < -0.39 is 12.0 Å². The Morgan fingerprint density at radius 2 is 1.59 bits per heavy atom. The van der Waals surface area contributed by atoms with Crippen LogP contribution in [-0.2, 0) is 11.3 Å². The molecule has 34 heavy (non-hydrogen) atoms. The second kappa shape index (κ2) is 9.86. The van der Waals surface area contributed by atoms with Crippen molar-refractivity contribution in [3.63, 3.8) is 0 Å². The lowest BCUT2D eigenvalue weighted by Gasteiger charge is -2.10. The fraction of sp³-hybridized carbons (Fsp3) is 0.120. The molecule has 0 saturated heterocycles. The number of nitrogens with one attached hydrogen (secondary N) is 2. The molecule has 0 unspecified atom stereocenters. The van der Waals surface area contributed by atoms with Gasteiger partial charge in [0.1, 0.15) is 18.0 Å². The van der Waals surface area contributed by atoms with Crippen LogP contribution in [0.1, 0.15) is 21.6 Å². The summed E-state index contributed by atoms with van der Waals surface area (Å²) < 4.78 is 11.9. The maximum atomic E-state index is 12.3. The number of carbonyl (C=O) groups is 2. The lowest BCUT2D eigenvalue weighted by molar-refractivity contribution is 0.0600. The van der Waals surface area contributed by atoms with Crippen molar-refractivity contribution in [1.29, 1.82) is 0 Å². The molecule has 2 amide bonds. The Labute approximate surface area is 195 Å². The lowest BCUT2D eigenvalue weighted by atomic mass is 10.2. The van der Waals surface area contributed by atoms with Gasteiger partial charge in [-0.15, -0.1) is 0 Å². The normalized spacial score (nSPS) is 10.5. The first-order valence-electron chi connectivity index (χ1n) is 10.4. The molecule has 0 saturated carbocycles. The van der Waals surface area contributed by atoms with E-state index in [0.29, 0.717) is 34.0 Å². The highest BCUT2D eigenvalue weighted by Gasteiger charge is 2.08. The van der Waals surface area contributed by atoms with Gasteiger partial charge in [0.15, 0.2) is 0 Å². The quantitative estimate of drug-likeness (QED) is 0.422. The zero-order chi connectivity index (χ0) is 24.1. The summed E-state index contributed by atoms with van der Waals surface area (Å²) in [6, 6.07) is 17.8. The van der Waals surface area contributed by atoms with Gasteiger partial charge in [0.25, 0.3) is 5.56 Å². The third kappa shape index (κ3) is 5.39. The van der Waals surface area contributed by atoms with Gasteiger partial charge in [0.05, 0.1) is 18.4 Å². The smallest absolute Gasteiger partial charge is 0.337 e. The molecule has 0 atom stereocenters. The zero-order valence-corrected chi connectivity index (χ0v) is 18.6. The predicted molar refractivity (Wildman–Crippen MR) is 127 cm³/mol. The number of rotatable bonds is 6.